The van der Waals surface area contributed by atoms with Crippen molar-refractivity contribution in [3.63, 3.8) is 0 Å². The number of hydrogen-bond donors (Lipinski definition) is 2. The summed E-state index contributed by atoms with van der Waals surface area (Å²) in [6, 6.07) is 5.10. The number of benzene rings is 1. The third-order valence-electron chi connectivity index (χ3n) is 5.38. The number of carbonyl (C=O) groups is 1. The lowest BCUT2D eigenvalue weighted by Gasteiger charge is -2.11. The quantitative estimate of drug-likeness (QED) is 0.374. The molecule has 0 aliphatic rings. The highest BCUT2D eigenvalue weighted by Gasteiger charge is 2.31. The summed E-state index contributed by atoms with van der Waals surface area (Å²) in [5, 5.41) is 7.23. The molecule has 5 rings (SSSR count). The second-order valence-electron chi connectivity index (χ2n) is 7.76. The zero-order chi connectivity index (χ0) is 25.1. The average Bonchev–Trinajstić information content (AvgIpc) is 3.35. The van der Waals surface area contributed by atoms with E-state index in [2.05, 4.69) is 25.4 Å². The zero-order valence-electron chi connectivity index (χ0n) is 18.2. The van der Waals surface area contributed by atoms with Crippen LogP contribution in [0.15, 0.2) is 42.7 Å². The molecule has 0 spiro atoms. The Kier molecular flexibility index (Phi) is 4.93. The molecule has 0 aliphatic heterocycles. The minimum Gasteiger partial charge on any atom is -0.383 e. The Morgan fingerprint density at radius 1 is 1.14 bits per heavy atom. The molecular weight excluding hydrogens is 468 g/mol. The van der Waals surface area contributed by atoms with E-state index in [0.717, 1.165) is 0 Å². The van der Waals surface area contributed by atoms with E-state index in [1.807, 2.05) is 0 Å². The molecule has 0 saturated carbocycles. The number of halogens is 4. The Morgan fingerprint density at radius 3 is 2.66 bits per heavy atom. The lowest BCUT2D eigenvalue weighted by molar-refractivity contribution is -0.137. The topological polar surface area (TPSA) is 116 Å². The number of amides is 1. The molecule has 1 aromatic carbocycles. The summed E-state index contributed by atoms with van der Waals surface area (Å²) in [5.41, 5.74) is 6.47. The number of anilines is 2. The maximum Gasteiger partial charge on any atom is 0.416 e. The van der Waals surface area contributed by atoms with E-state index in [9.17, 15) is 22.4 Å². The predicted octanol–water partition coefficient (Wildman–Crippen LogP) is 3.98. The smallest absolute Gasteiger partial charge is 0.383 e. The highest BCUT2D eigenvalue weighted by atomic mass is 19.4. The van der Waals surface area contributed by atoms with Crippen LogP contribution in [0.25, 0.3) is 27.9 Å². The molecule has 0 radical (unpaired) electrons. The van der Waals surface area contributed by atoms with Crippen LogP contribution < -0.4 is 11.1 Å². The Balaban J connectivity index is 1.51. The standard InChI is InChI=1S/C22H16F4N8O/c1-10-29-19(27)17-18(32-33(2)20(17)30-10)11-5-6-34-15(9-28-16(34)7-11)21(35)31-14-8-12(22(24,25)26)3-4-13(14)23/h3-9H,1-2H3,(H,31,35)(H2,27,29,30). The Bertz CT molecular complexity index is 1640. The van der Waals surface area contributed by atoms with Crippen LogP contribution in [0.5, 0.6) is 0 Å². The number of carbonyl (C=O) groups excluding carboxylic acids is 1. The number of pyridine rings is 1. The minimum absolute atomic E-state index is 0.00675. The summed E-state index contributed by atoms with van der Waals surface area (Å²) in [4.78, 5) is 25.5. The lowest BCUT2D eigenvalue weighted by atomic mass is 10.1. The number of aromatic nitrogens is 6. The van der Waals surface area contributed by atoms with Gasteiger partial charge in [0.25, 0.3) is 5.91 Å². The number of nitrogens with two attached hydrogens (primary N) is 1. The van der Waals surface area contributed by atoms with Crippen molar-refractivity contribution in [1.82, 2.24) is 29.1 Å². The van der Waals surface area contributed by atoms with Crippen LogP contribution in [-0.2, 0) is 13.2 Å². The van der Waals surface area contributed by atoms with Gasteiger partial charge in [0.1, 0.15) is 34.5 Å². The second kappa shape index (κ2) is 7.75. The number of rotatable bonds is 3. The fourth-order valence-electron chi connectivity index (χ4n) is 3.77. The summed E-state index contributed by atoms with van der Waals surface area (Å²) in [7, 11) is 1.72. The number of fused-ring (bicyclic) bond motifs is 2. The van der Waals surface area contributed by atoms with Crippen molar-refractivity contribution in [2.45, 2.75) is 13.1 Å². The zero-order valence-corrected chi connectivity index (χ0v) is 18.2. The highest BCUT2D eigenvalue weighted by molar-refractivity contribution is 6.04. The Morgan fingerprint density at radius 2 is 1.91 bits per heavy atom. The molecule has 0 saturated heterocycles. The predicted molar refractivity (Wildman–Crippen MR) is 119 cm³/mol. The normalized spacial score (nSPS) is 11.9. The first kappa shape index (κ1) is 22.3. The fourth-order valence-corrected chi connectivity index (χ4v) is 3.77. The van der Waals surface area contributed by atoms with Crippen LogP contribution in [0.2, 0.25) is 0 Å². The molecule has 178 valence electrons. The molecule has 0 aliphatic carbocycles. The van der Waals surface area contributed by atoms with Gasteiger partial charge in [-0.2, -0.15) is 18.3 Å². The molecule has 5 aromatic rings. The molecule has 0 unspecified atom stereocenters. The molecule has 0 atom stereocenters. The van der Waals surface area contributed by atoms with Crippen LogP contribution in [0.1, 0.15) is 21.9 Å². The first-order valence-corrected chi connectivity index (χ1v) is 10.2. The molecular formula is C22H16F4N8O. The number of hydrogen-bond acceptors (Lipinski definition) is 6. The number of imidazole rings is 1. The molecule has 4 heterocycles. The SMILES string of the molecule is Cc1nc(N)c2c(-c3ccn4c(C(=O)Nc5cc(C(F)(F)F)ccc5F)cnc4c3)nn(C)c2n1. The largest absolute Gasteiger partial charge is 0.416 e. The first-order valence-electron chi connectivity index (χ1n) is 10.2. The first-order chi connectivity index (χ1) is 16.5. The number of nitrogen functional groups attached to an aromatic ring is 1. The summed E-state index contributed by atoms with van der Waals surface area (Å²) in [5.74, 6) is -1.07. The molecule has 13 heteroatoms. The van der Waals surface area contributed by atoms with Gasteiger partial charge in [-0.05, 0) is 37.3 Å². The van der Waals surface area contributed by atoms with Gasteiger partial charge in [-0.3, -0.25) is 9.20 Å². The number of nitrogens with one attached hydrogen (secondary N) is 1. The highest BCUT2D eigenvalue weighted by Crippen LogP contribution is 2.33. The van der Waals surface area contributed by atoms with Gasteiger partial charge >= 0.3 is 6.18 Å². The van der Waals surface area contributed by atoms with Crippen molar-refractivity contribution in [3.05, 3.63) is 65.6 Å². The van der Waals surface area contributed by atoms with Crippen LogP contribution in [0.4, 0.5) is 29.1 Å². The molecule has 0 fully saturated rings. The average molecular weight is 484 g/mol. The maximum atomic E-state index is 14.1. The third kappa shape index (κ3) is 3.80. The Labute approximate surface area is 194 Å². The van der Waals surface area contributed by atoms with E-state index < -0.39 is 29.2 Å². The van der Waals surface area contributed by atoms with Gasteiger partial charge in [0.05, 0.1) is 22.8 Å². The Hall–Kier alpha value is -4.55. The van der Waals surface area contributed by atoms with Gasteiger partial charge < -0.3 is 11.1 Å². The summed E-state index contributed by atoms with van der Waals surface area (Å²) in [6.07, 6.45) is -1.91. The number of nitrogens with zero attached hydrogens (tertiary/aromatic N) is 6. The maximum absolute atomic E-state index is 14.1. The van der Waals surface area contributed by atoms with Gasteiger partial charge in [-0.25, -0.2) is 24.0 Å². The van der Waals surface area contributed by atoms with E-state index in [-0.39, 0.29) is 11.5 Å². The summed E-state index contributed by atoms with van der Waals surface area (Å²) < 4.78 is 56.0. The molecule has 0 bridgehead atoms. The van der Waals surface area contributed by atoms with Crippen molar-refractivity contribution in [2.24, 2.45) is 7.05 Å². The van der Waals surface area contributed by atoms with E-state index in [4.69, 9.17) is 5.73 Å². The third-order valence-corrected chi connectivity index (χ3v) is 5.38. The van der Waals surface area contributed by atoms with Gasteiger partial charge in [-0.15, -0.1) is 0 Å². The van der Waals surface area contributed by atoms with Crippen molar-refractivity contribution in [1.29, 1.82) is 0 Å². The van der Waals surface area contributed by atoms with E-state index in [1.165, 1.54) is 10.6 Å². The van der Waals surface area contributed by atoms with Crippen molar-refractivity contribution in [3.8, 4) is 11.3 Å². The number of aryl methyl sites for hydroxylation is 2. The van der Waals surface area contributed by atoms with Crippen molar-refractivity contribution >= 4 is 34.1 Å². The summed E-state index contributed by atoms with van der Waals surface area (Å²) >= 11 is 0. The van der Waals surface area contributed by atoms with Crippen LogP contribution in [0, 0.1) is 12.7 Å². The van der Waals surface area contributed by atoms with E-state index >= 15 is 0 Å². The number of alkyl halides is 3. The van der Waals surface area contributed by atoms with Crippen LogP contribution in [-0.4, -0.2) is 35.0 Å². The summed E-state index contributed by atoms with van der Waals surface area (Å²) in [6.45, 7) is 1.72. The molecule has 3 N–H and O–H groups in total. The van der Waals surface area contributed by atoms with Crippen molar-refractivity contribution in [2.75, 3.05) is 11.1 Å². The van der Waals surface area contributed by atoms with Gasteiger partial charge in [-0.1, -0.05) is 0 Å². The van der Waals surface area contributed by atoms with Crippen molar-refractivity contribution < 1.29 is 22.4 Å². The van der Waals surface area contributed by atoms with Gasteiger partial charge in [0.2, 0.25) is 0 Å². The lowest BCUT2D eigenvalue weighted by Crippen LogP contribution is -2.16. The van der Waals surface area contributed by atoms with E-state index in [1.54, 1.807) is 37.0 Å². The van der Waals surface area contributed by atoms with Gasteiger partial charge in [0.15, 0.2) is 5.65 Å². The van der Waals surface area contributed by atoms with Crippen LogP contribution >= 0.6 is 0 Å². The second-order valence-corrected chi connectivity index (χ2v) is 7.76. The monoisotopic (exact) mass is 484 g/mol. The van der Waals surface area contributed by atoms with Crippen LogP contribution in [0.3, 0.4) is 0 Å². The van der Waals surface area contributed by atoms with E-state index in [0.29, 0.717) is 52.0 Å². The molecule has 9 nitrogen and oxygen atoms in total. The molecule has 1 amide bonds. The molecule has 35 heavy (non-hydrogen) atoms. The molecule has 4 aromatic heterocycles. The fraction of sp³-hybridized carbons (Fsp3) is 0.136. The van der Waals surface area contributed by atoms with Gasteiger partial charge in [0, 0.05) is 18.8 Å². The minimum atomic E-state index is -4.68.